The monoisotopic (exact) mass is 267 g/mol. The summed E-state index contributed by atoms with van der Waals surface area (Å²) in [6.45, 7) is 1.96. The maximum Gasteiger partial charge on any atom is 0.129 e. The van der Waals surface area contributed by atoms with Gasteiger partial charge in [-0.3, -0.25) is 4.68 Å². The quantitative estimate of drug-likeness (QED) is 0.790. The zero-order chi connectivity index (χ0) is 13.9. The summed E-state index contributed by atoms with van der Waals surface area (Å²) < 4.78 is 7.35. The third-order valence-corrected chi connectivity index (χ3v) is 3.33. The van der Waals surface area contributed by atoms with Crippen LogP contribution in [-0.2, 0) is 0 Å². The van der Waals surface area contributed by atoms with Crippen molar-refractivity contribution >= 4 is 0 Å². The molecule has 0 bridgehead atoms. The molecule has 1 aromatic carbocycles. The molecule has 2 unspecified atom stereocenters. The molecule has 2 aromatic heterocycles. The second-order valence-electron chi connectivity index (χ2n) is 4.89. The Hall–Kier alpha value is -2.33. The van der Waals surface area contributed by atoms with E-state index in [4.69, 9.17) is 10.2 Å². The first kappa shape index (κ1) is 12.7. The fourth-order valence-corrected chi connectivity index (χ4v) is 2.36. The van der Waals surface area contributed by atoms with Crippen LogP contribution in [0.3, 0.4) is 0 Å². The van der Waals surface area contributed by atoms with Gasteiger partial charge in [-0.2, -0.15) is 5.10 Å². The van der Waals surface area contributed by atoms with E-state index in [1.165, 1.54) is 0 Å². The van der Waals surface area contributed by atoms with Gasteiger partial charge in [0, 0.05) is 17.8 Å². The Balaban J connectivity index is 1.96. The zero-order valence-corrected chi connectivity index (χ0v) is 11.3. The van der Waals surface area contributed by atoms with Crippen LogP contribution in [0.25, 0.3) is 11.1 Å². The lowest BCUT2D eigenvalue weighted by atomic mass is 10.1. The summed E-state index contributed by atoms with van der Waals surface area (Å²) in [4.78, 5) is 0. The third kappa shape index (κ3) is 2.38. The number of nitrogens with two attached hydrogens (primary N) is 1. The van der Waals surface area contributed by atoms with Crippen molar-refractivity contribution in [1.82, 2.24) is 9.78 Å². The first-order chi connectivity index (χ1) is 9.75. The molecular weight excluding hydrogens is 250 g/mol. The number of rotatable bonds is 4. The van der Waals surface area contributed by atoms with Gasteiger partial charge in [0.2, 0.25) is 0 Å². The summed E-state index contributed by atoms with van der Waals surface area (Å²) >= 11 is 0. The van der Waals surface area contributed by atoms with Crippen molar-refractivity contribution in [2.24, 2.45) is 5.73 Å². The Morgan fingerprint density at radius 2 is 1.90 bits per heavy atom. The molecular formula is C16H17N3O. The summed E-state index contributed by atoms with van der Waals surface area (Å²) in [5.41, 5.74) is 8.30. The largest absolute Gasteiger partial charge is 0.467 e. The number of furan rings is 1. The summed E-state index contributed by atoms with van der Waals surface area (Å²) in [5.74, 6) is 0.822. The smallest absolute Gasteiger partial charge is 0.129 e. The molecule has 0 radical (unpaired) electrons. The number of aromatic nitrogens is 2. The molecule has 4 nitrogen and oxygen atoms in total. The minimum Gasteiger partial charge on any atom is -0.467 e. The topological polar surface area (TPSA) is 57.0 Å². The van der Waals surface area contributed by atoms with Gasteiger partial charge in [-0.25, -0.2) is 0 Å². The molecule has 2 heterocycles. The normalized spacial score (nSPS) is 14.1. The van der Waals surface area contributed by atoms with E-state index in [1.54, 1.807) is 6.26 Å². The second kappa shape index (κ2) is 5.35. The maximum absolute atomic E-state index is 6.09. The van der Waals surface area contributed by atoms with Gasteiger partial charge in [0.1, 0.15) is 11.8 Å². The first-order valence-corrected chi connectivity index (χ1v) is 6.64. The molecule has 0 aliphatic carbocycles. The lowest BCUT2D eigenvalue weighted by Gasteiger charge is -2.18. The van der Waals surface area contributed by atoms with Crippen molar-refractivity contribution in [1.29, 1.82) is 0 Å². The molecule has 20 heavy (non-hydrogen) atoms. The second-order valence-corrected chi connectivity index (χ2v) is 4.89. The molecule has 102 valence electrons. The minimum absolute atomic E-state index is 0.0929. The van der Waals surface area contributed by atoms with Crippen LogP contribution in [0, 0.1) is 0 Å². The van der Waals surface area contributed by atoms with Gasteiger partial charge in [0.15, 0.2) is 0 Å². The van der Waals surface area contributed by atoms with Crippen LogP contribution >= 0.6 is 0 Å². The SMILES string of the molecule is CC(N)C(c1ccco1)n1cc(-c2ccccc2)cn1. The highest BCUT2D eigenvalue weighted by Crippen LogP contribution is 2.24. The van der Waals surface area contributed by atoms with Crippen molar-refractivity contribution < 1.29 is 4.42 Å². The van der Waals surface area contributed by atoms with Crippen LogP contribution in [-0.4, -0.2) is 15.8 Å². The lowest BCUT2D eigenvalue weighted by Crippen LogP contribution is -2.30. The van der Waals surface area contributed by atoms with E-state index >= 15 is 0 Å². The van der Waals surface area contributed by atoms with Gasteiger partial charge in [0.05, 0.1) is 12.5 Å². The lowest BCUT2D eigenvalue weighted by molar-refractivity contribution is 0.368. The van der Waals surface area contributed by atoms with E-state index in [9.17, 15) is 0 Å². The molecule has 3 aromatic rings. The highest BCUT2D eigenvalue weighted by molar-refractivity contribution is 5.61. The molecule has 2 N–H and O–H groups in total. The van der Waals surface area contributed by atoms with Gasteiger partial charge >= 0.3 is 0 Å². The van der Waals surface area contributed by atoms with Crippen molar-refractivity contribution in [3.05, 3.63) is 66.9 Å². The molecule has 3 rings (SSSR count). The van der Waals surface area contributed by atoms with Crippen LogP contribution in [0.5, 0.6) is 0 Å². The van der Waals surface area contributed by atoms with E-state index < -0.39 is 0 Å². The van der Waals surface area contributed by atoms with Gasteiger partial charge in [-0.05, 0) is 24.6 Å². The van der Waals surface area contributed by atoms with Crippen molar-refractivity contribution in [3.8, 4) is 11.1 Å². The molecule has 0 amide bonds. The number of nitrogens with zero attached hydrogens (tertiary/aromatic N) is 2. The molecule has 0 fully saturated rings. The van der Waals surface area contributed by atoms with Crippen molar-refractivity contribution in [2.75, 3.05) is 0 Å². The average Bonchev–Trinajstić information content (AvgIpc) is 3.12. The number of hydrogen-bond donors (Lipinski definition) is 1. The Bertz CT molecular complexity index is 656. The van der Waals surface area contributed by atoms with E-state index in [0.717, 1.165) is 16.9 Å². The summed E-state index contributed by atoms with van der Waals surface area (Å²) in [6.07, 6.45) is 5.52. The molecule has 0 aliphatic heterocycles. The standard InChI is InChI=1S/C16H17N3O/c1-12(17)16(15-8-5-9-20-15)19-11-14(10-18-19)13-6-3-2-4-7-13/h2-12,16H,17H2,1H3. The first-order valence-electron chi connectivity index (χ1n) is 6.64. The predicted molar refractivity (Wildman–Crippen MR) is 78.2 cm³/mol. The summed E-state index contributed by atoms with van der Waals surface area (Å²) in [7, 11) is 0. The van der Waals surface area contributed by atoms with Crippen molar-refractivity contribution in [2.45, 2.75) is 19.0 Å². The van der Waals surface area contributed by atoms with Gasteiger partial charge in [-0.1, -0.05) is 30.3 Å². The molecule has 0 saturated heterocycles. The Morgan fingerprint density at radius 1 is 1.10 bits per heavy atom. The van der Waals surface area contributed by atoms with Crippen LogP contribution < -0.4 is 5.73 Å². The third-order valence-electron chi connectivity index (χ3n) is 3.33. The summed E-state index contributed by atoms with van der Waals surface area (Å²) in [6, 6.07) is 13.8. The van der Waals surface area contributed by atoms with Crippen LogP contribution in [0.1, 0.15) is 18.7 Å². The average molecular weight is 267 g/mol. The van der Waals surface area contributed by atoms with E-state index in [-0.39, 0.29) is 12.1 Å². The van der Waals surface area contributed by atoms with Gasteiger partial charge in [0.25, 0.3) is 0 Å². The van der Waals surface area contributed by atoms with Crippen LogP contribution in [0.15, 0.2) is 65.5 Å². The summed E-state index contributed by atoms with van der Waals surface area (Å²) in [5, 5.41) is 4.45. The maximum atomic E-state index is 6.09. The molecule has 0 spiro atoms. The molecule has 0 saturated carbocycles. The molecule has 0 aliphatic rings. The number of benzene rings is 1. The fraction of sp³-hybridized carbons (Fsp3) is 0.188. The molecule has 2 atom stereocenters. The van der Waals surface area contributed by atoms with E-state index in [0.29, 0.717) is 0 Å². The zero-order valence-electron chi connectivity index (χ0n) is 11.3. The Morgan fingerprint density at radius 3 is 2.55 bits per heavy atom. The van der Waals surface area contributed by atoms with Crippen molar-refractivity contribution in [3.63, 3.8) is 0 Å². The van der Waals surface area contributed by atoms with Crippen LogP contribution in [0.2, 0.25) is 0 Å². The highest BCUT2D eigenvalue weighted by Gasteiger charge is 2.22. The van der Waals surface area contributed by atoms with E-state index in [1.807, 2.05) is 54.3 Å². The molecule has 4 heteroatoms. The van der Waals surface area contributed by atoms with Crippen LogP contribution in [0.4, 0.5) is 0 Å². The minimum atomic E-state index is -0.0949. The fourth-order valence-electron chi connectivity index (χ4n) is 2.36. The Labute approximate surface area is 117 Å². The highest BCUT2D eigenvalue weighted by atomic mass is 16.3. The Kier molecular flexibility index (Phi) is 3.39. The van der Waals surface area contributed by atoms with Gasteiger partial charge < -0.3 is 10.2 Å². The number of hydrogen-bond acceptors (Lipinski definition) is 3. The predicted octanol–water partition coefficient (Wildman–Crippen LogP) is 3.08. The van der Waals surface area contributed by atoms with Gasteiger partial charge in [-0.15, -0.1) is 0 Å². The van der Waals surface area contributed by atoms with E-state index in [2.05, 4.69) is 17.2 Å².